The van der Waals surface area contributed by atoms with E-state index in [4.69, 9.17) is 4.74 Å². The molecular formula is C14H15NO4S. The van der Waals surface area contributed by atoms with Crippen LogP contribution < -0.4 is 0 Å². The van der Waals surface area contributed by atoms with E-state index >= 15 is 0 Å². The first-order chi connectivity index (χ1) is 9.46. The van der Waals surface area contributed by atoms with Crippen molar-refractivity contribution in [3.8, 4) is 0 Å². The van der Waals surface area contributed by atoms with Crippen LogP contribution in [0.2, 0.25) is 0 Å². The zero-order valence-corrected chi connectivity index (χ0v) is 12.1. The molecule has 20 heavy (non-hydrogen) atoms. The quantitative estimate of drug-likeness (QED) is 0.804. The van der Waals surface area contributed by atoms with Crippen molar-refractivity contribution < 1.29 is 17.9 Å². The summed E-state index contributed by atoms with van der Waals surface area (Å²) in [6.45, 7) is 3.67. The van der Waals surface area contributed by atoms with Crippen molar-refractivity contribution in [2.24, 2.45) is 0 Å². The van der Waals surface area contributed by atoms with Crippen LogP contribution in [-0.4, -0.2) is 25.4 Å². The number of carbonyl (C=O) groups excluding carboxylic acids is 1. The zero-order chi connectivity index (χ0) is 14.8. The molecular weight excluding hydrogens is 278 g/mol. The third kappa shape index (κ3) is 2.61. The summed E-state index contributed by atoms with van der Waals surface area (Å²) in [5, 5.41) is 0. The van der Waals surface area contributed by atoms with E-state index in [-0.39, 0.29) is 17.2 Å². The van der Waals surface area contributed by atoms with Crippen LogP contribution in [0.1, 0.15) is 18.9 Å². The smallest absolute Gasteiger partial charge is 0.429 e. The van der Waals surface area contributed by atoms with Crippen LogP contribution in [0.3, 0.4) is 0 Å². The van der Waals surface area contributed by atoms with Crippen molar-refractivity contribution in [2.45, 2.75) is 25.2 Å². The van der Waals surface area contributed by atoms with Crippen molar-refractivity contribution in [2.75, 3.05) is 6.61 Å². The molecule has 1 heterocycles. The fourth-order valence-corrected chi connectivity index (χ4v) is 3.07. The monoisotopic (exact) mass is 293 g/mol. The van der Waals surface area contributed by atoms with Gasteiger partial charge in [-0.2, -0.15) is 4.31 Å². The van der Waals surface area contributed by atoms with Gasteiger partial charge in [0.2, 0.25) is 0 Å². The Kier molecular flexibility index (Phi) is 3.97. The SMILES string of the molecule is CCC=C=C1COC(=O)N1S(=O)(=O)c1ccc(C)cc1. The molecule has 0 N–H and O–H groups in total. The summed E-state index contributed by atoms with van der Waals surface area (Å²) in [5.74, 6) is 0. The third-order valence-electron chi connectivity index (χ3n) is 2.78. The van der Waals surface area contributed by atoms with E-state index in [0.717, 1.165) is 5.56 Å². The molecule has 0 unspecified atom stereocenters. The predicted molar refractivity (Wildman–Crippen MR) is 73.4 cm³/mol. The van der Waals surface area contributed by atoms with Crippen LogP contribution >= 0.6 is 0 Å². The summed E-state index contributed by atoms with van der Waals surface area (Å²) < 4.78 is 30.4. The molecule has 2 rings (SSSR count). The average Bonchev–Trinajstić information content (AvgIpc) is 2.78. The minimum absolute atomic E-state index is 0.0535. The van der Waals surface area contributed by atoms with E-state index in [1.165, 1.54) is 12.1 Å². The maximum atomic E-state index is 12.5. The summed E-state index contributed by atoms with van der Waals surface area (Å²) in [7, 11) is -3.94. The summed E-state index contributed by atoms with van der Waals surface area (Å²) in [4.78, 5) is 11.7. The number of carbonyl (C=O) groups is 1. The molecule has 106 valence electrons. The molecule has 1 saturated heterocycles. The second kappa shape index (κ2) is 5.53. The first kappa shape index (κ1) is 14.4. The van der Waals surface area contributed by atoms with Gasteiger partial charge >= 0.3 is 6.09 Å². The number of nitrogens with zero attached hydrogens (tertiary/aromatic N) is 1. The summed E-state index contributed by atoms with van der Waals surface area (Å²) in [6, 6.07) is 6.30. The van der Waals surface area contributed by atoms with E-state index < -0.39 is 16.1 Å². The van der Waals surface area contributed by atoms with Crippen LogP contribution in [-0.2, 0) is 14.8 Å². The highest BCUT2D eigenvalue weighted by Crippen LogP contribution is 2.25. The Hall–Kier alpha value is -2.04. The first-order valence-electron chi connectivity index (χ1n) is 6.19. The van der Waals surface area contributed by atoms with Gasteiger partial charge in [-0.1, -0.05) is 30.4 Å². The Bertz CT molecular complexity index is 682. The number of benzene rings is 1. The number of hydrogen-bond donors (Lipinski definition) is 0. The topological polar surface area (TPSA) is 63.7 Å². The summed E-state index contributed by atoms with van der Waals surface area (Å²) >= 11 is 0. The zero-order valence-electron chi connectivity index (χ0n) is 11.3. The maximum absolute atomic E-state index is 12.5. The van der Waals surface area contributed by atoms with Gasteiger partial charge < -0.3 is 4.74 Å². The van der Waals surface area contributed by atoms with Gasteiger partial charge in [-0.15, -0.1) is 0 Å². The van der Waals surface area contributed by atoms with Crippen LogP contribution in [0.15, 0.2) is 46.7 Å². The lowest BCUT2D eigenvalue weighted by molar-refractivity contribution is 0.170. The highest BCUT2D eigenvalue weighted by atomic mass is 32.2. The van der Waals surface area contributed by atoms with Gasteiger partial charge in [0.15, 0.2) is 0 Å². The minimum Gasteiger partial charge on any atom is -0.441 e. The lowest BCUT2D eigenvalue weighted by atomic mass is 10.2. The Morgan fingerprint density at radius 2 is 2.00 bits per heavy atom. The molecule has 0 saturated carbocycles. The molecule has 1 amide bonds. The Balaban J connectivity index is 2.49. The second-order valence-electron chi connectivity index (χ2n) is 4.34. The molecule has 5 nitrogen and oxygen atoms in total. The largest absolute Gasteiger partial charge is 0.441 e. The summed E-state index contributed by atoms with van der Waals surface area (Å²) in [6.07, 6.45) is 1.46. The van der Waals surface area contributed by atoms with Gasteiger partial charge in [0.1, 0.15) is 12.3 Å². The van der Waals surface area contributed by atoms with E-state index in [0.29, 0.717) is 10.7 Å². The lowest BCUT2D eigenvalue weighted by Crippen LogP contribution is -2.30. The minimum atomic E-state index is -3.94. The number of hydrogen-bond acceptors (Lipinski definition) is 4. The Labute approximate surface area is 118 Å². The number of aryl methyl sites for hydroxylation is 1. The molecule has 1 aromatic rings. The van der Waals surface area contributed by atoms with Crippen LogP contribution in [0.4, 0.5) is 4.79 Å². The van der Waals surface area contributed by atoms with E-state index in [2.05, 4.69) is 5.73 Å². The normalized spacial score (nSPS) is 15.0. The average molecular weight is 293 g/mol. The molecule has 1 aromatic carbocycles. The van der Waals surface area contributed by atoms with E-state index in [1.54, 1.807) is 18.2 Å². The Morgan fingerprint density at radius 3 is 2.60 bits per heavy atom. The molecule has 6 heteroatoms. The molecule has 1 aliphatic rings. The predicted octanol–water partition coefficient (Wildman–Crippen LogP) is 2.58. The molecule has 0 aliphatic carbocycles. The van der Waals surface area contributed by atoms with Gasteiger partial charge in [0.05, 0.1) is 4.90 Å². The first-order valence-corrected chi connectivity index (χ1v) is 7.63. The third-order valence-corrected chi connectivity index (χ3v) is 4.49. The highest BCUT2D eigenvalue weighted by Gasteiger charge is 2.39. The van der Waals surface area contributed by atoms with Crippen molar-refractivity contribution >= 4 is 16.1 Å². The Morgan fingerprint density at radius 1 is 1.35 bits per heavy atom. The standard InChI is InChI=1S/C14H15NO4S/c1-3-4-5-12-10-19-14(16)15(12)20(17,18)13-8-6-11(2)7-9-13/h4,6-9H,3,10H2,1-2H3. The highest BCUT2D eigenvalue weighted by molar-refractivity contribution is 7.89. The molecule has 0 aromatic heterocycles. The number of ether oxygens (including phenoxy) is 1. The molecule has 0 bridgehead atoms. The molecule has 0 atom stereocenters. The van der Waals surface area contributed by atoms with Gasteiger partial charge in [-0.05, 0) is 31.6 Å². The molecule has 1 fully saturated rings. The summed E-state index contributed by atoms with van der Waals surface area (Å²) in [5.41, 5.74) is 3.94. The fraction of sp³-hybridized carbons (Fsp3) is 0.286. The van der Waals surface area contributed by atoms with Gasteiger partial charge in [-0.3, -0.25) is 0 Å². The van der Waals surface area contributed by atoms with Crippen molar-refractivity contribution in [3.05, 3.63) is 47.3 Å². The molecule has 0 spiro atoms. The van der Waals surface area contributed by atoms with Crippen LogP contribution in [0.5, 0.6) is 0 Å². The molecule has 0 radical (unpaired) electrons. The van der Waals surface area contributed by atoms with Crippen molar-refractivity contribution in [1.29, 1.82) is 0 Å². The van der Waals surface area contributed by atoms with E-state index in [1.807, 2.05) is 13.8 Å². The number of amides is 1. The van der Waals surface area contributed by atoms with E-state index in [9.17, 15) is 13.2 Å². The van der Waals surface area contributed by atoms with Gasteiger partial charge in [0, 0.05) is 0 Å². The lowest BCUT2D eigenvalue weighted by Gasteiger charge is -2.14. The van der Waals surface area contributed by atoms with Gasteiger partial charge in [0.25, 0.3) is 10.0 Å². The fourth-order valence-electron chi connectivity index (χ4n) is 1.74. The number of rotatable bonds is 3. The van der Waals surface area contributed by atoms with Crippen LogP contribution in [0, 0.1) is 6.92 Å². The van der Waals surface area contributed by atoms with Crippen molar-refractivity contribution in [1.82, 2.24) is 4.31 Å². The van der Waals surface area contributed by atoms with Crippen molar-refractivity contribution in [3.63, 3.8) is 0 Å². The second-order valence-corrected chi connectivity index (χ2v) is 6.13. The molecule has 1 aliphatic heterocycles. The van der Waals surface area contributed by atoms with Crippen LogP contribution in [0.25, 0.3) is 0 Å². The number of cyclic esters (lactones) is 1. The maximum Gasteiger partial charge on any atom is 0.429 e. The van der Waals surface area contributed by atoms with Gasteiger partial charge in [-0.25, -0.2) is 13.2 Å². The number of sulfonamides is 1.